The van der Waals surface area contributed by atoms with E-state index in [0.717, 1.165) is 13.1 Å². The van der Waals surface area contributed by atoms with Gasteiger partial charge in [0.25, 0.3) is 0 Å². The summed E-state index contributed by atoms with van der Waals surface area (Å²) in [6.45, 7) is 4.51. The van der Waals surface area contributed by atoms with Crippen molar-refractivity contribution in [3.8, 4) is 5.75 Å². The molecule has 1 atom stereocenters. The number of likely N-dealkylation sites (tertiary alicyclic amines) is 1. The Morgan fingerprint density at radius 2 is 2.05 bits per heavy atom. The van der Waals surface area contributed by atoms with E-state index < -0.39 is 10.0 Å². The van der Waals surface area contributed by atoms with Crippen LogP contribution in [-0.2, 0) is 10.0 Å². The van der Waals surface area contributed by atoms with Gasteiger partial charge in [-0.05, 0) is 51.1 Å². The summed E-state index contributed by atoms with van der Waals surface area (Å²) in [5.41, 5.74) is 0. The van der Waals surface area contributed by atoms with Gasteiger partial charge in [0.1, 0.15) is 5.75 Å². The molecule has 0 unspecified atom stereocenters. The molecule has 0 amide bonds. The van der Waals surface area contributed by atoms with Crippen LogP contribution >= 0.6 is 11.6 Å². The molecule has 21 heavy (non-hydrogen) atoms. The fourth-order valence-corrected chi connectivity index (χ4v) is 3.91. The molecule has 1 aliphatic rings. The van der Waals surface area contributed by atoms with E-state index in [9.17, 15) is 8.42 Å². The highest BCUT2D eigenvalue weighted by molar-refractivity contribution is 7.89. The van der Waals surface area contributed by atoms with Crippen LogP contribution in [0.25, 0.3) is 0 Å². The number of hydrogen-bond acceptors (Lipinski definition) is 4. The number of methoxy groups -OCH3 is 1. The van der Waals surface area contributed by atoms with Crippen molar-refractivity contribution in [1.82, 2.24) is 9.62 Å². The van der Waals surface area contributed by atoms with Crippen LogP contribution in [-0.4, -0.2) is 46.1 Å². The molecular weight excluding hydrogens is 312 g/mol. The molecule has 1 N–H and O–H groups in total. The summed E-state index contributed by atoms with van der Waals surface area (Å²) in [4.78, 5) is 2.45. The fraction of sp³-hybridized carbons (Fsp3) is 0.571. The number of nitrogens with one attached hydrogen (secondary N) is 1. The highest BCUT2D eigenvalue weighted by Crippen LogP contribution is 2.26. The van der Waals surface area contributed by atoms with Crippen LogP contribution < -0.4 is 9.46 Å². The Hall–Kier alpha value is -0.820. The number of ether oxygens (including phenoxy) is 1. The molecule has 1 aromatic rings. The molecule has 1 saturated heterocycles. The zero-order valence-electron chi connectivity index (χ0n) is 12.3. The maximum atomic E-state index is 12.3. The van der Waals surface area contributed by atoms with Crippen molar-refractivity contribution in [3.05, 3.63) is 23.2 Å². The van der Waals surface area contributed by atoms with Gasteiger partial charge in [0.2, 0.25) is 10.0 Å². The highest BCUT2D eigenvalue weighted by atomic mass is 35.5. The largest absolute Gasteiger partial charge is 0.495 e. The van der Waals surface area contributed by atoms with Crippen molar-refractivity contribution < 1.29 is 13.2 Å². The van der Waals surface area contributed by atoms with Crippen molar-refractivity contribution in [1.29, 1.82) is 0 Å². The summed E-state index contributed by atoms with van der Waals surface area (Å²) in [6, 6.07) is 4.65. The predicted octanol–water partition coefficient (Wildman–Crippen LogP) is 2.11. The monoisotopic (exact) mass is 332 g/mol. The molecule has 0 saturated carbocycles. The summed E-state index contributed by atoms with van der Waals surface area (Å²) in [7, 11) is -2.06. The van der Waals surface area contributed by atoms with Gasteiger partial charge in [0.15, 0.2) is 0 Å². The molecule has 1 aliphatic heterocycles. The van der Waals surface area contributed by atoms with Crippen molar-refractivity contribution in [2.24, 2.45) is 0 Å². The maximum Gasteiger partial charge on any atom is 0.240 e. The smallest absolute Gasteiger partial charge is 0.240 e. The molecule has 0 aromatic heterocycles. The molecule has 0 spiro atoms. The summed E-state index contributed by atoms with van der Waals surface area (Å²) in [5.74, 6) is 0.459. The number of nitrogens with zero attached hydrogens (tertiary/aromatic N) is 1. The van der Waals surface area contributed by atoms with Crippen molar-refractivity contribution in [3.63, 3.8) is 0 Å². The quantitative estimate of drug-likeness (QED) is 0.866. The van der Waals surface area contributed by atoms with E-state index in [1.165, 1.54) is 32.1 Å². The molecule has 0 aliphatic carbocycles. The number of rotatable bonds is 6. The second kappa shape index (κ2) is 6.96. The number of sulfonamides is 1. The van der Waals surface area contributed by atoms with E-state index in [4.69, 9.17) is 16.3 Å². The topological polar surface area (TPSA) is 58.6 Å². The second-order valence-electron chi connectivity index (χ2n) is 5.24. The summed E-state index contributed by atoms with van der Waals surface area (Å²) in [5, 5.41) is 0.285. The molecule has 2 rings (SSSR count). The summed E-state index contributed by atoms with van der Waals surface area (Å²) < 4.78 is 32.2. The van der Waals surface area contributed by atoms with Crippen molar-refractivity contribution >= 4 is 21.6 Å². The van der Waals surface area contributed by atoms with Crippen LogP contribution in [0.3, 0.4) is 0 Å². The van der Waals surface area contributed by atoms with E-state index in [0.29, 0.717) is 12.3 Å². The van der Waals surface area contributed by atoms with E-state index in [1.54, 1.807) is 6.07 Å². The molecule has 7 heteroatoms. The van der Waals surface area contributed by atoms with Gasteiger partial charge in [-0.25, -0.2) is 13.1 Å². The molecule has 1 heterocycles. The van der Waals surface area contributed by atoms with Crippen LogP contribution in [0.4, 0.5) is 0 Å². The average Bonchev–Trinajstić information content (AvgIpc) is 2.99. The summed E-state index contributed by atoms with van der Waals surface area (Å²) in [6.07, 6.45) is 2.37. The fourth-order valence-electron chi connectivity index (χ4n) is 2.44. The molecule has 118 valence electrons. The van der Waals surface area contributed by atoms with Gasteiger partial charge in [0, 0.05) is 12.6 Å². The van der Waals surface area contributed by atoms with Gasteiger partial charge in [-0.15, -0.1) is 0 Å². The molecule has 0 radical (unpaired) electrons. The Balaban J connectivity index is 2.02. The molecule has 1 aromatic carbocycles. The van der Waals surface area contributed by atoms with Crippen LogP contribution in [0, 0.1) is 0 Å². The van der Waals surface area contributed by atoms with Crippen LogP contribution in [0.2, 0.25) is 5.02 Å². The van der Waals surface area contributed by atoms with E-state index in [-0.39, 0.29) is 16.0 Å². The SMILES string of the molecule is COc1ccc(S(=O)(=O)NC[C@@H](C)N2CCCC2)cc1Cl. The lowest BCUT2D eigenvalue weighted by Gasteiger charge is -2.23. The zero-order valence-corrected chi connectivity index (χ0v) is 13.9. The van der Waals surface area contributed by atoms with Crippen molar-refractivity contribution in [2.75, 3.05) is 26.7 Å². The lowest BCUT2D eigenvalue weighted by Crippen LogP contribution is -2.40. The van der Waals surface area contributed by atoms with Gasteiger partial charge >= 0.3 is 0 Å². The Kier molecular flexibility index (Phi) is 5.48. The molecule has 0 bridgehead atoms. The van der Waals surface area contributed by atoms with E-state index in [1.807, 2.05) is 6.92 Å². The number of benzene rings is 1. The van der Waals surface area contributed by atoms with Gasteiger partial charge in [-0.1, -0.05) is 11.6 Å². The zero-order chi connectivity index (χ0) is 15.5. The maximum absolute atomic E-state index is 12.3. The average molecular weight is 333 g/mol. The first-order valence-corrected chi connectivity index (χ1v) is 8.87. The molecular formula is C14H21ClN2O3S. The van der Waals surface area contributed by atoms with E-state index in [2.05, 4.69) is 9.62 Å². The van der Waals surface area contributed by atoms with Gasteiger partial charge < -0.3 is 4.74 Å². The third-order valence-corrected chi connectivity index (χ3v) is 5.48. The first kappa shape index (κ1) is 16.5. The lowest BCUT2D eigenvalue weighted by molar-refractivity contribution is 0.260. The Bertz CT molecular complexity index is 586. The second-order valence-corrected chi connectivity index (χ2v) is 7.41. The van der Waals surface area contributed by atoms with Gasteiger partial charge in [-0.3, -0.25) is 4.90 Å². The Morgan fingerprint density at radius 1 is 1.38 bits per heavy atom. The third-order valence-electron chi connectivity index (χ3n) is 3.77. The molecule has 1 fully saturated rings. The standard InChI is InChI=1S/C14H21ClN2O3S/c1-11(17-7-3-4-8-17)10-16-21(18,19)12-5-6-14(20-2)13(15)9-12/h5-6,9,11,16H,3-4,7-8,10H2,1-2H3/t11-/m1/s1. The minimum Gasteiger partial charge on any atom is -0.495 e. The number of halogens is 1. The molecule has 5 nitrogen and oxygen atoms in total. The van der Waals surface area contributed by atoms with Gasteiger partial charge in [-0.2, -0.15) is 0 Å². The minimum absolute atomic E-state index is 0.155. The lowest BCUT2D eigenvalue weighted by atomic mass is 10.3. The van der Waals surface area contributed by atoms with Gasteiger partial charge in [0.05, 0.1) is 17.0 Å². The van der Waals surface area contributed by atoms with Crippen LogP contribution in [0.5, 0.6) is 5.75 Å². The number of hydrogen-bond donors (Lipinski definition) is 1. The summed E-state index contributed by atoms with van der Waals surface area (Å²) >= 11 is 5.98. The normalized spacial score (nSPS) is 17.9. The first-order chi connectivity index (χ1) is 9.94. The van der Waals surface area contributed by atoms with Crippen LogP contribution in [0.1, 0.15) is 19.8 Å². The third kappa shape index (κ3) is 4.10. The Labute approximate surface area is 131 Å². The minimum atomic E-state index is -3.55. The van der Waals surface area contributed by atoms with E-state index >= 15 is 0 Å². The Morgan fingerprint density at radius 3 is 2.62 bits per heavy atom. The van der Waals surface area contributed by atoms with Crippen molar-refractivity contribution in [2.45, 2.75) is 30.7 Å². The first-order valence-electron chi connectivity index (χ1n) is 7.01. The van der Waals surface area contributed by atoms with Crippen LogP contribution in [0.15, 0.2) is 23.1 Å². The highest BCUT2D eigenvalue weighted by Gasteiger charge is 2.21. The predicted molar refractivity (Wildman–Crippen MR) is 83.5 cm³/mol.